The lowest BCUT2D eigenvalue weighted by Gasteiger charge is -2.10. The lowest BCUT2D eigenvalue weighted by Crippen LogP contribution is -2.10. The third-order valence-corrected chi connectivity index (χ3v) is 4.41. The van der Waals surface area contributed by atoms with Gasteiger partial charge in [0, 0.05) is 5.56 Å². The third kappa shape index (κ3) is 3.17. The lowest BCUT2D eigenvalue weighted by atomic mass is 9.95. The van der Waals surface area contributed by atoms with E-state index in [1.54, 1.807) is 0 Å². The molecule has 0 N–H and O–H groups in total. The predicted octanol–water partition coefficient (Wildman–Crippen LogP) is 5.39. The number of Topliss-reactive ketones (excluding diaryl/α,β-unsaturated/α-hetero) is 1. The first-order valence-corrected chi connectivity index (χ1v) is 8.38. The van der Waals surface area contributed by atoms with Crippen LogP contribution in [0.5, 0.6) is 0 Å². The average molecular weight is 326 g/mol. The maximum atomic E-state index is 12.8. The Morgan fingerprint density at radius 3 is 2.16 bits per heavy atom. The molecule has 0 aliphatic heterocycles. The number of carbonyl (C=O) groups excluding carboxylic acids is 1. The smallest absolute Gasteiger partial charge is 0.189 e. The Labute approximate surface area is 146 Å². The Morgan fingerprint density at radius 1 is 0.720 bits per heavy atom. The normalized spacial score (nSPS) is 11.0. The van der Waals surface area contributed by atoms with Crippen molar-refractivity contribution in [2.45, 2.75) is 6.61 Å². The maximum Gasteiger partial charge on any atom is 0.189 e. The molecule has 0 saturated carbocycles. The molecule has 0 aliphatic rings. The van der Waals surface area contributed by atoms with Crippen LogP contribution in [0.15, 0.2) is 84.9 Å². The Hall–Kier alpha value is -2.97. The van der Waals surface area contributed by atoms with Crippen LogP contribution >= 0.6 is 0 Å². The highest BCUT2D eigenvalue weighted by Crippen LogP contribution is 2.29. The van der Waals surface area contributed by atoms with Gasteiger partial charge in [-0.1, -0.05) is 78.9 Å². The molecular weight excluding hydrogens is 308 g/mol. The molecule has 0 amide bonds. The minimum Gasteiger partial charge on any atom is -0.369 e. The molecule has 2 heteroatoms. The Balaban J connectivity index is 1.64. The van der Waals surface area contributed by atoms with Crippen LogP contribution in [0.3, 0.4) is 0 Å². The summed E-state index contributed by atoms with van der Waals surface area (Å²) >= 11 is 0. The van der Waals surface area contributed by atoms with Crippen LogP contribution in [-0.4, -0.2) is 12.4 Å². The van der Waals surface area contributed by atoms with E-state index >= 15 is 0 Å². The highest BCUT2D eigenvalue weighted by Gasteiger charge is 2.13. The zero-order valence-electron chi connectivity index (χ0n) is 13.8. The molecule has 0 aromatic heterocycles. The van der Waals surface area contributed by atoms with Crippen molar-refractivity contribution in [3.63, 3.8) is 0 Å². The first kappa shape index (κ1) is 15.6. The van der Waals surface area contributed by atoms with E-state index in [1.165, 1.54) is 5.39 Å². The number of carbonyl (C=O) groups is 1. The fourth-order valence-electron chi connectivity index (χ4n) is 3.20. The Kier molecular flexibility index (Phi) is 4.28. The van der Waals surface area contributed by atoms with Gasteiger partial charge in [0.05, 0.1) is 6.61 Å². The van der Waals surface area contributed by atoms with E-state index in [1.807, 2.05) is 72.8 Å². The van der Waals surface area contributed by atoms with Crippen molar-refractivity contribution in [2.24, 2.45) is 0 Å². The zero-order valence-corrected chi connectivity index (χ0v) is 13.8. The summed E-state index contributed by atoms with van der Waals surface area (Å²) in [5.74, 6) is 0.0119. The quantitative estimate of drug-likeness (QED) is 0.363. The van der Waals surface area contributed by atoms with E-state index in [4.69, 9.17) is 4.74 Å². The zero-order chi connectivity index (χ0) is 17.1. The summed E-state index contributed by atoms with van der Waals surface area (Å²) in [6, 6.07) is 28.1. The summed E-state index contributed by atoms with van der Waals surface area (Å²) in [6.45, 7) is 0.523. The van der Waals surface area contributed by atoms with E-state index < -0.39 is 0 Å². The molecule has 0 fully saturated rings. The number of ether oxygens (including phenoxy) is 1. The summed E-state index contributed by atoms with van der Waals surface area (Å²) in [5.41, 5.74) is 1.79. The highest BCUT2D eigenvalue weighted by molar-refractivity contribution is 6.17. The van der Waals surface area contributed by atoms with Crippen molar-refractivity contribution in [2.75, 3.05) is 6.61 Å². The van der Waals surface area contributed by atoms with Crippen LogP contribution in [0.4, 0.5) is 0 Å². The van der Waals surface area contributed by atoms with Crippen molar-refractivity contribution in [1.82, 2.24) is 0 Å². The highest BCUT2D eigenvalue weighted by atomic mass is 16.5. The summed E-state index contributed by atoms with van der Waals surface area (Å²) in [4.78, 5) is 12.8. The van der Waals surface area contributed by atoms with Crippen molar-refractivity contribution in [3.05, 3.63) is 96.1 Å². The molecule has 0 bridgehead atoms. The monoisotopic (exact) mass is 326 g/mol. The largest absolute Gasteiger partial charge is 0.369 e. The van der Waals surface area contributed by atoms with Gasteiger partial charge in [-0.15, -0.1) is 0 Å². The van der Waals surface area contributed by atoms with Gasteiger partial charge in [-0.05, 0) is 33.2 Å². The first-order chi connectivity index (χ1) is 12.3. The van der Waals surface area contributed by atoms with Gasteiger partial charge in [0.2, 0.25) is 0 Å². The summed E-state index contributed by atoms with van der Waals surface area (Å²) in [6.07, 6.45) is 0. The molecule has 0 atom stereocenters. The van der Waals surface area contributed by atoms with E-state index in [-0.39, 0.29) is 12.4 Å². The van der Waals surface area contributed by atoms with Gasteiger partial charge in [-0.3, -0.25) is 4.79 Å². The second-order valence-corrected chi connectivity index (χ2v) is 6.09. The van der Waals surface area contributed by atoms with Crippen LogP contribution in [0, 0.1) is 0 Å². The van der Waals surface area contributed by atoms with E-state index in [0.717, 1.165) is 27.3 Å². The van der Waals surface area contributed by atoms with E-state index in [9.17, 15) is 4.79 Å². The molecule has 0 unspecified atom stereocenters. The summed E-state index contributed by atoms with van der Waals surface area (Å²) in [7, 11) is 0. The molecule has 4 rings (SSSR count). The average Bonchev–Trinajstić information content (AvgIpc) is 2.68. The van der Waals surface area contributed by atoms with Gasteiger partial charge in [-0.2, -0.15) is 0 Å². The molecule has 2 nitrogen and oxygen atoms in total. The molecule has 4 aromatic carbocycles. The molecule has 122 valence electrons. The molecule has 0 saturated heterocycles. The van der Waals surface area contributed by atoms with E-state index in [0.29, 0.717) is 6.61 Å². The number of rotatable bonds is 5. The van der Waals surface area contributed by atoms with E-state index in [2.05, 4.69) is 12.1 Å². The van der Waals surface area contributed by atoms with Crippen LogP contribution in [-0.2, 0) is 11.3 Å². The molecule has 0 aliphatic carbocycles. The van der Waals surface area contributed by atoms with Crippen molar-refractivity contribution in [1.29, 1.82) is 0 Å². The van der Waals surface area contributed by atoms with Crippen LogP contribution < -0.4 is 0 Å². The standard InChI is InChI=1S/C23H18O2/c24-23(16-25-15-17-8-2-1-3-9-17)22-14-18-10-4-5-11-19(18)20-12-6-7-13-21(20)22/h1-14H,15-16H2. The molecule has 4 aromatic rings. The summed E-state index contributed by atoms with van der Waals surface area (Å²) < 4.78 is 5.65. The van der Waals surface area contributed by atoms with Crippen molar-refractivity contribution >= 4 is 27.3 Å². The SMILES string of the molecule is O=C(COCc1ccccc1)c1cc2ccccc2c2ccccc12. The number of hydrogen-bond acceptors (Lipinski definition) is 2. The summed E-state index contributed by atoms with van der Waals surface area (Å²) in [5, 5.41) is 4.33. The molecule has 0 heterocycles. The number of benzene rings is 4. The van der Waals surface area contributed by atoms with Gasteiger partial charge in [0.1, 0.15) is 6.61 Å². The number of ketones is 1. The minimum atomic E-state index is 0.0119. The van der Waals surface area contributed by atoms with Crippen LogP contribution in [0.25, 0.3) is 21.5 Å². The van der Waals surface area contributed by atoms with Gasteiger partial charge >= 0.3 is 0 Å². The second-order valence-electron chi connectivity index (χ2n) is 6.09. The maximum absolute atomic E-state index is 12.8. The topological polar surface area (TPSA) is 26.3 Å². The molecular formula is C23H18O2. The number of fused-ring (bicyclic) bond motifs is 3. The number of hydrogen-bond donors (Lipinski definition) is 0. The predicted molar refractivity (Wildman–Crippen MR) is 102 cm³/mol. The van der Waals surface area contributed by atoms with Gasteiger partial charge < -0.3 is 4.74 Å². The van der Waals surface area contributed by atoms with Gasteiger partial charge in [-0.25, -0.2) is 0 Å². The molecule has 0 radical (unpaired) electrons. The Morgan fingerprint density at radius 2 is 1.36 bits per heavy atom. The van der Waals surface area contributed by atoms with Gasteiger partial charge in [0.15, 0.2) is 5.78 Å². The molecule has 0 spiro atoms. The minimum absolute atomic E-state index is 0.0119. The van der Waals surface area contributed by atoms with Crippen LogP contribution in [0.2, 0.25) is 0 Å². The second kappa shape index (κ2) is 6.88. The third-order valence-electron chi connectivity index (χ3n) is 4.41. The van der Waals surface area contributed by atoms with Crippen molar-refractivity contribution in [3.8, 4) is 0 Å². The van der Waals surface area contributed by atoms with Gasteiger partial charge in [0.25, 0.3) is 0 Å². The molecule has 25 heavy (non-hydrogen) atoms. The first-order valence-electron chi connectivity index (χ1n) is 8.38. The van der Waals surface area contributed by atoms with Crippen molar-refractivity contribution < 1.29 is 9.53 Å². The Bertz CT molecular complexity index is 1040. The lowest BCUT2D eigenvalue weighted by molar-refractivity contribution is 0.0728. The fourth-order valence-corrected chi connectivity index (χ4v) is 3.20. The van der Waals surface area contributed by atoms with Crippen LogP contribution in [0.1, 0.15) is 15.9 Å². The fraction of sp³-hybridized carbons (Fsp3) is 0.0870.